The topological polar surface area (TPSA) is 61.9 Å². The Morgan fingerprint density at radius 2 is 1.63 bits per heavy atom. The summed E-state index contributed by atoms with van der Waals surface area (Å²) in [5.74, 6) is 0.759. The van der Waals surface area contributed by atoms with E-state index < -0.39 is 0 Å². The van der Waals surface area contributed by atoms with Crippen molar-refractivity contribution in [2.75, 3.05) is 31.6 Å². The van der Waals surface area contributed by atoms with Gasteiger partial charge in [-0.15, -0.1) is 0 Å². The quantitative estimate of drug-likeness (QED) is 0.455. The minimum absolute atomic E-state index is 0.0380. The van der Waals surface area contributed by atoms with E-state index in [1.54, 1.807) is 0 Å². The van der Waals surface area contributed by atoms with Crippen LogP contribution < -0.4 is 5.32 Å². The minimum atomic E-state index is -0.256. The van der Waals surface area contributed by atoms with Crippen molar-refractivity contribution in [1.29, 1.82) is 0 Å². The molecule has 1 N–H and O–H groups in total. The SMILES string of the molecule is O=C(c1ccc(NC2c3ccccc3C(=O)N2CC2CCCO2)cc1)N1CCC(Cc2ccccc2)CC1. The molecule has 0 aromatic heterocycles. The van der Waals surface area contributed by atoms with Crippen LogP contribution >= 0.6 is 0 Å². The molecule has 3 aliphatic rings. The maximum atomic E-state index is 13.2. The Labute approximate surface area is 224 Å². The Morgan fingerprint density at radius 3 is 2.37 bits per heavy atom. The minimum Gasteiger partial charge on any atom is -0.376 e. The number of carbonyl (C=O) groups excluding carboxylic acids is 2. The Morgan fingerprint density at radius 1 is 0.895 bits per heavy atom. The molecule has 0 saturated carbocycles. The Hall–Kier alpha value is -3.64. The van der Waals surface area contributed by atoms with Gasteiger partial charge in [-0.2, -0.15) is 0 Å². The van der Waals surface area contributed by atoms with Crippen molar-refractivity contribution in [3.63, 3.8) is 0 Å². The summed E-state index contributed by atoms with van der Waals surface area (Å²) >= 11 is 0. The van der Waals surface area contributed by atoms with Crippen LogP contribution in [0.5, 0.6) is 0 Å². The van der Waals surface area contributed by atoms with Crippen LogP contribution in [-0.4, -0.2) is 54.0 Å². The van der Waals surface area contributed by atoms with E-state index >= 15 is 0 Å². The summed E-state index contributed by atoms with van der Waals surface area (Å²) in [6, 6.07) is 26.1. The van der Waals surface area contributed by atoms with Crippen LogP contribution in [0.25, 0.3) is 0 Å². The molecular formula is C32H35N3O3. The van der Waals surface area contributed by atoms with Crippen molar-refractivity contribution in [3.05, 3.63) is 101 Å². The summed E-state index contributed by atoms with van der Waals surface area (Å²) < 4.78 is 5.83. The monoisotopic (exact) mass is 509 g/mol. The Bertz CT molecular complexity index is 1260. The van der Waals surface area contributed by atoms with Crippen molar-refractivity contribution >= 4 is 17.5 Å². The first-order valence-electron chi connectivity index (χ1n) is 13.9. The van der Waals surface area contributed by atoms with Gasteiger partial charge in [0.05, 0.1) is 6.10 Å². The first-order chi connectivity index (χ1) is 18.7. The van der Waals surface area contributed by atoms with Crippen molar-refractivity contribution in [2.24, 2.45) is 5.92 Å². The average Bonchev–Trinajstić information content (AvgIpc) is 3.57. The Kier molecular flexibility index (Phi) is 7.14. The molecule has 3 aromatic carbocycles. The third kappa shape index (κ3) is 5.18. The highest BCUT2D eigenvalue weighted by molar-refractivity contribution is 5.99. The van der Waals surface area contributed by atoms with Gasteiger partial charge in [0.15, 0.2) is 0 Å². The number of fused-ring (bicyclic) bond motifs is 1. The number of benzene rings is 3. The van der Waals surface area contributed by atoms with E-state index in [2.05, 4.69) is 35.6 Å². The van der Waals surface area contributed by atoms with Crippen LogP contribution in [-0.2, 0) is 11.2 Å². The lowest BCUT2D eigenvalue weighted by Gasteiger charge is -2.32. The summed E-state index contributed by atoms with van der Waals surface area (Å²) in [5.41, 5.74) is 4.69. The van der Waals surface area contributed by atoms with Crippen LogP contribution in [0, 0.1) is 5.92 Å². The van der Waals surface area contributed by atoms with Gasteiger partial charge in [-0.3, -0.25) is 9.59 Å². The van der Waals surface area contributed by atoms with Gasteiger partial charge in [0.2, 0.25) is 0 Å². The lowest BCUT2D eigenvalue weighted by molar-refractivity contribution is 0.0489. The van der Waals surface area contributed by atoms with E-state index in [1.807, 2.05) is 58.3 Å². The number of anilines is 1. The molecule has 3 aromatic rings. The van der Waals surface area contributed by atoms with Crippen LogP contribution in [0.1, 0.15) is 63.7 Å². The number of amides is 2. The molecule has 2 atom stereocenters. The van der Waals surface area contributed by atoms with Gasteiger partial charge in [0.25, 0.3) is 11.8 Å². The van der Waals surface area contributed by atoms with Crippen LogP contribution in [0.3, 0.4) is 0 Å². The third-order valence-corrected chi connectivity index (χ3v) is 8.19. The molecule has 0 bridgehead atoms. The molecule has 3 aliphatic heterocycles. The van der Waals surface area contributed by atoms with Crippen molar-refractivity contribution in [3.8, 4) is 0 Å². The number of nitrogens with one attached hydrogen (secondary N) is 1. The molecule has 2 fully saturated rings. The molecule has 0 aliphatic carbocycles. The van der Waals surface area contributed by atoms with E-state index in [0.29, 0.717) is 18.0 Å². The number of carbonyl (C=O) groups is 2. The molecule has 2 unspecified atom stereocenters. The number of ether oxygens (including phenoxy) is 1. The van der Waals surface area contributed by atoms with Crippen molar-refractivity contribution in [2.45, 2.75) is 44.4 Å². The summed E-state index contributed by atoms with van der Waals surface area (Å²) in [4.78, 5) is 30.3. The van der Waals surface area contributed by atoms with E-state index in [0.717, 1.165) is 68.6 Å². The molecule has 2 saturated heterocycles. The predicted molar refractivity (Wildman–Crippen MR) is 148 cm³/mol. The largest absolute Gasteiger partial charge is 0.376 e. The summed E-state index contributed by atoms with van der Waals surface area (Å²) in [6.45, 7) is 2.94. The fourth-order valence-corrected chi connectivity index (χ4v) is 6.06. The molecule has 6 nitrogen and oxygen atoms in total. The first kappa shape index (κ1) is 24.7. The fourth-order valence-electron chi connectivity index (χ4n) is 6.06. The highest BCUT2D eigenvalue weighted by Gasteiger charge is 2.38. The lowest BCUT2D eigenvalue weighted by atomic mass is 9.90. The molecule has 3 heterocycles. The van der Waals surface area contributed by atoms with Crippen molar-refractivity contribution in [1.82, 2.24) is 9.80 Å². The zero-order chi connectivity index (χ0) is 25.9. The molecular weight excluding hydrogens is 474 g/mol. The highest BCUT2D eigenvalue weighted by Crippen LogP contribution is 2.35. The number of likely N-dealkylation sites (tertiary alicyclic amines) is 1. The number of piperidine rings is 1. The second-order valence-corrected chi connectivity index (χ2v) is 10.7. The van der Waals surface area contributed by atoms with Crippen LogP contribution in [0.2, 0.25) is 0 Å². The van der Waals surface area contributed by atoms with E-state index in [-0.39, 0.29) is 24.1 Å². The highest BCUT2D eigenvalue weighted by atomic mass is 16.5. The summed E-state index contributed by atoms with van der Waals surface area (Å²) in [6.07, 6.45) is 5.00. The van der Waals surface area contributed by atoms with E-state index in [9.17, 15) is 9.59 Å². The van der Waals surface area contributed by atoms with E-state index in [1.165, 1.54) is 5.56 Å². The second kappa shape index (κ2) is 11.0. The molecule has 6 rings (SSSR count). The predicted octanol–water partition coefficient (Wildman–Crippen LogP) is 5.53. The van der Waals surface area contributed by atoms with Gasteiger partial charge in [-0.1, -0.05) is 48.5 Å². The third-order valence-electron chi connectivity index (χ3n) is 8.19. The molecule has 6 heteroatoms. The smallest absolute Gasteiger partial charge is 0.256 e. The zero-order valence-electron chi connectivity index (χ0n) is 21.7. The number of nitrogens with zero attached hydrogens (tertiary/aromatic N) is 2. The maximum Gasteiger partial charge on any atom is 0.256 e. The summed E-state index contributed by atoms with van der Waals surface area (Å²) in [7, 11) is 0. The zero-order valence-corrected chi connectivity index (χ0v) is 21.7. The molecule has 196 valence electrons. The van der Waals surface area contributed by atoms with Crippen molar-refractivity contribution < 1.29 is 14.3 Å². The maximum absolute atomic E-state index is 13.2. The van der Waals surface area contributed by atoms with Gasteiger partial charge in [-0.05, 0) is 73.9 Å². The standard InChI is InChI=1S/C32H35N3O3/c36-31(34-18-16-24(17-19-34)21-23-7-2-1-3-8-23)25-12-14-26(15-13-25)33-30-28-10-4-5-11-29(28)32(37)35(30)22-27-9-6-20-38-27/h1-5,7-8,10-15,24,27,30,33H,6,9,16-22H2. The Balaban J connectivity index is 1.09. The van der Waals surface area contributed by atoms with E-state index in [4.69, 9.17) is 4.74 Å². The number of hydrogen-bond donors (Lipinski definition) is 1. The average molecular weight is 510 g/mol. The molecule has 0 spiro atoms. The van der Waals surface area contributed by atoms with Gasteiger partial charge in [0, 0.05) is 48.6 Å². The molecule has 2 amide bonds. The van der Waals surface area contributed by atoms with Gasteiger partial charge in [0.1, 0.15) is 6.17 Å². The van der Waals surface area contributed by atoms with Gasteiger partial charge >= 0.3 is 0 Å². The number of rotatable bonds is 7. The lowest BCUT2D eigenvalue weighted by Crippen LogP contribution is -2.39. The van der Waals surface area contributed by atoms with Crippen LogP contribution in [0.4, 0.5) is 5.69 Å². The van der Waals surface area contributed by atoms with Gasteiger partial charge < -0.3 is 19.9 Å². The van der Waals surface area contributed by atoms with Gasteiger partial charge in [-0.25, -0.2) is 0 Å². The fraction of sp³-hybridized carbons (Fsp3) is 0.375. The normalized spacial score (nSPS) is 21.5. The second-order valence-electron chi connectivity index (χ2n) is 10.7. The number of hydrogen-bond acceptors (Lipinski definition) is 4. The summed E-state index contributed by atoms with van der Waals surface area (Å²) in [5, 5.41) is 3.55. The first-order valence-corrected chi connectivity index (χ1v) is 13.9. The van der Waals surface area contributed by atoms with Crippen LogP contribution in [0.15, 0.2) is 78.9 Å². The molecule has 38 heavy (non-hydrogen) atoms. The molecule has 0 radical (unpaired) electrons.